The molecule has 7 nitrogen and oxygen atoms in total. The van der Waals surface area contributed by atoms with E-state index in [4.69, 9.17) is 15.6 Å². The van der Waals surface area contributed by atoms with Crippen molar-refractivity contribution < 1.29 is 9.90 Å². The number of nitrogens with one attached hydrogen (secondary N) is 1. The van der Waals surface area contributed by atoms with E-state index in [0.717, 1.165) is 17.0 Å². The van der Waals surface area contributed by atoms with Crippen LogP contribution in [0, 0.1) is 36.5 Å². The first-order valence-electron chi connectivity index (χ1n) is 7.09. The molecule has 120 valence electrons. The van der Waals surface area contributed by atoms with Crippen molar-refractivity contribution in [3.63, 3.8) is 0 Å². The molecule has 0 unspecified atom stereocenters. The molecule has 7 heteroatoms. The molecule has 0 aliphatic heterocycles. The predicted octanol–water partition coefficient (Wildman–Crippen LogP) is 2.59. The molecule has 0 atom stereocenters. The largest absolute Gasteiger partial charge is 0.480 e. The van der Waals surface area contributed by atoms with Gasteiger partial charge in [0.2, 0.25) is 0 Å². The Labute approximate surface area is 139 Å². The van der Waals surface area contributed by atoms with E-state index in [1.165, 1.54) is 6.20 Å². The summed E-state index contributed by atoms with van der Waals surface area (Å²) < 4.78 is 1.64. The first-order chi connectivity index (χ1) is 11.5. The maximum absolute atomic E-state index is 11.1. The lowest BCUT2D eigenvalue weighted by atomic mass is 10.2. The molecule has 0 spiro atoms. The third kappa shape index (κ3) is 3.60. The van der Waals surface area contributed by atoms with Gasteiger partial charge in [-0.1, -0.05) is 12.1 Å². The van der Waals surface area contributed by atoms with Gasteiger partial charge in [-0.2, -0.15) is 10.5 Å². The van der Waals surface area contributed by atoms with Crippen LogP contribution in [0.5, 0.6) is 0 Å². The van der Waals surface area contributed by atoms with Gasteiger partial charge in [0, 0.05) is 23.1 Å². The lowest BCUT2D eigenvalue weighted by Crippen LogP contribution is -2.11. The molecule has 1 aromatic heterocycles. The van der Waals surface area contributed by atoms with Gasteiger partial charge in [-0.15, -0.1) is 0 Å². The van der Waals surface area contributed by atoms with Crippen LogP contribution in [0.4, 0.5) is 5.69 Å². The summed E-state index contributed by atoms with van der Waals surface area (Å²) in [5.41, 5.74) is 2.92. The molecule has 24 heavy (non-hydrogen) atoms. The summed E-state index contributed by atoms with van der Waals surface area (Å²) in [5.74, 6) is -0.387. The van der Waals surface area contributed by atoms with Gasteiger partial charge in [0.25, 0.3) is 0 Å². The molecule has 0 radical (unpaired) electrons. The van der Waals surface area contributed by atoms with Crippen LogP contribution in [0.25, 0.3) is 11.4 Å². The summed E-state index contributed by atoms with van der Waals surface area (Å²) in [5, 5.41) is 29.5. The van der Waals surface area contributed by atoms with E-state index in [0.29, 0.717) is 11.5 Å². The summed E-state index contributed by atoms with van der Waals surface area (Å²) in [4.78, 5) is 15.5. The number of allylic oxidation sites excluding steroid dienone is 1. The highest BCUT2D eigenvalue weighted by Crippen LogP contribution is 2.24. The number of carbonyl (C=O) groups is 1. The van der Waals surface area contributed by atoms with Crippen LogP contribution in [0.3, 0.4) is 0 Å². The van der Waals surface area contributed by atoms with Crippen molar-refractivity contribution in [3.05, 3.63) is 47.4 Å². The highest BCUT2D eigenvalue weighted by atomic mass is 16.4. The molecule has 0 saturated heterocycles. The molecule has 1 aromatic carbocycles. The van der Waals surface area contributed by atoms with Gasteiger partial charge in [-0.3, -0.25) is 4.79 Å². The fourth-order valence-corrected chi connectivity index (χ4v) is 2.20. The zero-order valence-electron chi connectivity index (χ0n) is 13.2. The number of nitrogens with zero attached hydrogens (tertiary/aromatic N) is 4. The predicted molar refractivity (Wildman–Crippen MR) is 87.7 cm³/mol. The molecule has 0 amide bonds. The lowest BCUT2D eigenvalue weighted by molar-refractivity contribution is -0.137. The molecule has 2 aromatic rings. The van der Waals surface area contributed by atoms with E-state index in [1.54, 1.807) is 34.9 Å². The Morgan fingerprint density at radius 2 is 2.08 bits per heavy atom. The molecular weight excluding hydrogens is 306 g/mol. The quantitative estimate of drug-likeness (QED) is 0.818. The molecule has 2 N–H and O–H groups in total. The summed E-state index contributed by atoms with van der Waals surface area (Å²) in [6.07, 6.45) is 1.32. The molecular formula is C17H15N5O2. The minimum Gasteiger partial charge on any atom is -0.480 e. The number of aryl methyl sites for hydroxylation is 1. The first kappa shape index (κ1) is 16.8. The minimum absolute atomic E-state index is 0.0422. The third-order valence-corrected chi connectivity index (χ3v) is 3.50. The number of rotatable bonds is 5. The van der Waals surface area contributed by atoms with Gasteiger partial charge in [0.05, 0.1) is 5.69 Å². The average Bonchev–Trinajstić information content (AvgIpc) is 2.84. The summed E-state index contributed by atoms with van der Waals surface area (Å²) >= 11 is 0. The Balaban J connectivity index is 2.41. The van der Waals surface area contributed by atoms with Crippen LogP contribution in [-0.4, -0.2) is 20.6 Å². The number of aliphatic carboxylic acids is 1. The van der Waals surface area contributed by atoms with Gasteiger partial charge in [-0.25, -0.2) is 4.98 Å². The van der Waals surface area contributed by atoms with Crippen molar-refractivity contribution in [1.82, 2.24) is 9.55 Å². The molecule has 0 bridgehead atoms. The fourth-order valence-electron chi connectivity index (χ4n) is 2.20. The maximum atomic E-state index is 11.1. The van der Waals surface area contributed by atoms with Crippen LogP contribution in [0.1, 0.15) is 11.4 Å². The van der Waals surface area contributed by atoms with Crippen molar-refractivity contribution in [2.24, 2.45) is 0 Å². The third-order valence-electron chi connectivity index (χ3n) is 3.50. The Hall–Kier alpha value is -3.58. The van der Waals surface area contributed by atoms with E-state index in [9.17, 15) is 4.79 Å². The van der Waals surface area contributed by atoms with E-state index >= 15 is 0 Å². The Morgan fingerprint density at radius 3 is 2.71 bits per heavy atom. The number of aromatic nitrogens is 2. The Bertz CT molecular complexity index is 881. The number of hydrogen-bond acceptors (Lipinski definition) is 5. The van der Waals surface area contributed by atoms with E-state index < -0.39 is 5.97 Å². The van der Waals surface area contributed by atoms with Crippen LogP contribution in [0.2, 0.25) is 0 Å². The van der Waals surface area contributed by atoms with Crippen molar-refractivity contribution in [2.75, 3.05) is 5.32 Å². The summed E-state index contributed by atoms with van der Waals surface area (Å²) in [6.45, 7) is 3.48. The van der Waals surface area contributed by atoms with Crippen molar-refractivity contribution in [1.29, 1.82) is 10.5 Å². The zero-order valence-corrected chi connectivity index (χ0v) is 13.2. The van der Waals surface area contributed by atoms with Gasteiger partial charge in [0.1, 0.15) is 30.1 Å². The topological polar surface area (TPSA) is 115 Å². The second kappa shape index (κ2) is 7.12. The fraction of sp³-hybridized carbons (Fsp3) is 0.176. The molecule has 2 rings (SSSR count). The number of hydrogen-bond donors (Lipinski definition) is 2. The van der Waals surface area contributed by atoms with E-state index in [2.05, 4.69) is 10.3 Å². The van der Waals surface area contributed by atoms with Crippen molar-refractivity contribution >= 4 is 11.7 Å². The Morgan fingerprint density at radius 1 is 1.38 bits per heavy atom. The van der Waals surface area contributed by atoms with E-state index in [-0.39, 0.29) is 12.1 Å². The van der Waals surface area contributed by atoms with E-state index in [1.807, 2.05) is 19.9 Å². The van der Waals surface area contributed by atoms with Gasteiger partial charge >= 0.3 is 5.97 Å². The second-order valence-electron chi connectivity index (χ2n) is 5.09. The van der Waals surface area contributed by atoms with Gasteiger partial charge in [0.15, 0.2) is 0 Å². The maximum Gasteiger partial charge on any atom is 0.323 e. The molecule has 0 fully saturated rings. The monoisotopic (exact) mass is 321 g/mol. The number of carboxylic acid groups (broad SMARTS) is 1. The molecule has 1 heterocycles. The Kier molecular flexibility index (Phi) is 4.98. The first-order valence-corrected chi connectivity index (χ1v) is 7.09. The second-order valence-corrected chi connectivity index (χ2v) is 5.09. The number of benzene rings is 1. The lowest BCUT2D eigenvalue weighted by Gasteiger charge is -2.09. The van der Waals surface area contributed by atoms with Crippen LogP contribution >= 0.6 is 0 Å². The standard InChI is InChI=1S/C17H15N5O2/c1-11-12(2)22(10-16(23)24)17(21-11)14-4-3-5-15(6-14)20-9-13(7-18)8-19/h3-6,9,20H,10H2,1-2H3,(H,23,24). The average molecular weight is 321 g/mol. The number of imidazole rings is 1. The van der Waals surface area contributed by atoms with Gasteiger partial charge < -0.3 is 15.0 Å². The molecule has 0 aliphatic rings. The minimum atomic E-state index is -0.943. The normalized spacial score (nSPS) is 9.67. The van der Waals surface area contributed by atoms with Crippen molar-refractivity contribution in [3.8, 4) is 23.5 Å². The SMILES string of the molecule is Cc1nc(-c2cccc(NC=C(C#N)C#N)c2)n(CC(=O)O)c1C. The van der Waals surface area contributed by atoms with Crippen LogP contribution < -0.4 is 5.32 Å². The van der Waals surface area contributed by atoms with Crippen molar-refractivity contribution in [2.45, 2.75) is 20.4 Å². The molecule has 0 aliphatic carbocycles. The number of anilines is 1. The van der Waals surface area contributed by atoms with Crippen LogP contribution in [0.15, 0.2) is 36.0 Å². The summed E-state index contributed by atoms with van der Waals surface area (Å²) in [7, 11) is 0. The summed E-state index contributed by atoms with van der Waals surface area (Å²) in [6, 6.07) is 10.7. The zero-order chi connectivity index (χ0) is 17.7. The highest BCUT2D eigenvalue weighted by Gasteiger charge is 2.15. The highest BCUT2D eigenvalue weighted by molar-refractivity contribution is 5.70. The van der Waals surface area contributed by atoms with Crippen LogP contribution in [-0.2, 0) is 11.3 Å². The smallest absolute Gasteiger partial charge is 0.323 e. The molecule has 0 saturated carbocycles. The van der Waals surface area contributed by atoms with Gasteiger partial charge in [-0.05, 0) is 26.0 Å². The number of nitriles is 2. The number of carboxylic acids is 1.